The van der Waals surface area contributed by atoms with Gasteiger partial charge in [-0.15, -0.1) is 0 Å². The van der Waals surface area contributed by atoms with E-state index < -0.39 is 0 Å². The smallest absolute Gasteiger partial charge is 0.258 e. The third-order valence-electron chi connectivity index (χ3n) is 8.03. The zero-order chi connectivity index (χ0) is 29.1. The van der Waals surface area contributed by atoms with E-state index in [-0.39, 0.29) is 17.1 Å². The molecule has 2 unspecified atom stereocenters. The standard InChI is InChI=1S/C34H47N5O2/c1-5-26(21-27-11-8-7-9-12-27)14-17-34(3,4)41-20-16-31-37-32-29(23-35-18-15-30(32)33(40)38-31)24-36-22-28-13-10-19-39(6-2)25-28/h5,7-9,11-12,14-15,18,23,28-29,36H,1,6,10,13,16-17,19-22,24-25H2,2-4H3,(H,37,38,40)/b26-14+. The molecule has 1 aromatic carbocycles. The Kier molecular flexibility index (Phi) is 11.4. The zero-order valence-electron chi connectivity index (χ0n) is 25.1. The largest absolute Gasteiger partial charge is 0.375 e. The Morgan fingerprint density at radius 3 is 2.88 bits per heavy atom. The number of rotatable bonds is 14. The molecule has 4 rings (SSSR count). The molecule has 2 aliphatic heterocycles. The van der Waals surface area contributed by atoms with Gasteiger partial charge in [-0.05, 0) is 82.3 Å². The SMILES string of the molecule is C=C/C(=C\CC(C)(C)OCCc1nc2c(c(=O)[nH]1)C=CN=CC2CNCC1CCCN(CC)C1)Cc1ccccc1. The number of nitrogens with zero attached hydrogens (tertiary/aromatic N) is 3. The molecule has 0 spiro atoms. The van der Waals surface area contributed by atoms with E-state index in [1.165, 1.54) is 30.5 Å². The molecule has 0 aliphatic carbocycles. The number of hydrogen-bond acceptors (Lipinski definition) is 6. The Bertz CT molecular complexity index is 1280. The Morgan fingerprint density at radius 2 is 2.10 bits per heavy atom. The second-order valence-electron chi connectivity index (χ2n) is 11.8. The lowest BCUT2D eigenvalue weighted by molar-refractivity contribution is -0.0140. The van der Waals surface area contributed by atoms with E-state index in [1.807, 2.05) is 18.4 Å². The highest BCUT2D eigenvalue weighted by Gasteiger charge is 2.23. The summed E-state index contributed by atoms with van der Waals surface area (Å²) < 4.78 is 6.27. The number of piperidine rings is 1. The molecule has 220 valence electrons. The number of aliphatic imine (C=N–C) groups is 1. The minimum atomic E-state index is -0.356. The molecule has 0 amide bonds. The summed E-state index contributed by atoms with van der Waals surface area (Å²) in [4.78, 5) is 27.8. The maximum atomic E-state index is 13.0. The lowest BCUT2D eigenvalue weighted by Gasteiger charge is -2.32. The molecule has 2 atom stereocenters. The topological polar surface area (TPSA) is 82.6 Å². The van der Waals surface area contributed by atoms with Gasteiger partial charge < -0.3 is 19.9 Å². The number of ether oxygens (including phenoxy) is 1. The van der Waals surface area contributed by atoms with Crippen molar-refractivity contribution in [1.29, 1.82) is 0 Å². The van der Waals surface area contributed by atoms with E-state index >= 15 is 0 Å². The van der Waals surface area contributed by atoms with Gasteiger partial charge in [-0.25, -0.2) is 4.98 Å². The number of aromatic nitrogens is 2. The van der Waals surface area contributed by atoms with Crippen LogP contribution in [0.1, 0.15) is 68.6 Å². The van der Waals surface area contributed by atoms with E-state index in [9.17, 15) is 4.79 Å². The van der Waals surface area contributed by atoms with Crippen LogP contribution in [0.25, 0.3) is 6.08 Å². The predicted octanol–water partition coefficient (Wildman–Crippen LogP) is 5.31. The summed E-state index contributed by atoms with van der Waals surface area (Å²) in [5.41, 5.74) is 3.35. The first-order chi connectivity index (χ1) is 19.9. The van der Waals surface area contributed by atoms with Gasteiger partial charge in [-0.1, -0.05) is 56.0 Å². The highest BCUT2D eigenvalue weighted by Crippen LogP contribution is 2.21. The normalized spacial score (nSPS) is 19.6. The predicted molar refractivity (Wildman–Crippen MR) is 170 cm³/mol. The maximum Gasteiger partial charge on any atom is 0.258 e. The lowest BCUT2D eigenvalue weighted by Crippen LogP contribution is -2.40. The molecule has 2 aliphatic rings. The molecule has 0 radical (unpaired) electrons. The monoisotopic (exact) mass is 557 g/mol. The fourth-order valence-corrected chi connectivity index (χ4v) is 5.57. The number of allylic oxidation sites excluding steroid dienone is 2. The van der Waals surface area contributed by atoms with Crippen molar-refractivity contribution < 1.29 is 4.74 Å². The van der Waals surface area contributed by atoms with E-state index in [0.717, 1.165) is 38.2 Å². The van der Waals surface area contributed by atoms with Gasteiger partial charge >= 0.3 is 0 Å². The van der Waals surface area contributed by atoms with E-state index in [4.69, 9.17) is 9.72 Å². The molecule has 1 saturated heterocycles. The molecule has 41 heavy (non-hydrogen) atoms. The van der Waals surface area contributed by atoms with Crippen molar-refractivity contribution in [1.82, 2.24) is 20.2 Å². The highest BCUT2D eigenvalue weighted by molar-refractivity contribution is 5.73. The first-order valence-corrected chi connectivity index (χ1v) is 15.1. The van der Waals surface area contributed by atoms with Gasteiger partial charge in [0, 0.05) is 37.8 Å². The first-order valence-electron chi connectivity index (χ1n) is 15.1. The van der Waals surface area contributed by atoms with Crippen LogP contribution in [0.5, 0.6) is 0 Å². The Morgan fingerprint density at radius 1 is 1.27 bits per heavy atom. The van der Waals surface area contributed by atoms with Crippen LogP contribution in [0, 0.1) is 5.92 Å². The molecular weight excluding hydrogens is 510 g/mol. The van der Waals surface area contributed by atoms with Crippen LogP contribution in [0.15, 0.2) is 70.6 Å². The molecule has 3 heterocycles. The second kappa shape index (κ2) is 15.2. The Hall–Kier alpha value is -3.13. The molecule has 2 N–H and O–H groups in total. The van der Waals surface area contributed by atoms with Gasteiger partial charge in [0.05, 0.1) is 23.5 Å². The maximum absolute atomic E-state index is 13.0. The summed E-state index contributed by atoms with van der Waals surface area (Å²) in [6.45, 7) is 16.0. The van der Waals surface area contributed by atoms with Crippen LogP contribution in [-0.4, -0.2) is 66.0 Å². The van der Waals surface area contributed by atoms with Crippen molar-refractivity contribution in [3.63, 3.8) is 0 Å². The second-order valence-corrected chi connectivity index (χ2v) is 11.8. The van der Waals surface area contributed by atoms with E-state index in [2.05, 4.69) is 77.9 Å². The number of H-pyrrole nitrogens is 1. The average molecular weight is 558 g/mol. The molecule has 0 saturated carbocycles. The number of hydrogen-bond donors (Lipinski definition) is 2. The third-order valence-corrected chi connectivity index (χ3v) is 8.03. The van der Waals surface area contributed by atoms with Crippen LogP contribution in [0.3, 0.4) is 0 Å². The van der Waals surface area contributed by atoms with Gasteiger partial charge in [0.25, 0.3) is 5.56 Å². The van der Waals surface area contributed by atoms with Gasteiger partial charge in [-0.3, -0.25) is 9.79 Å². The lowest BCUT2D eigenvalue weighted by atomic mass is 9.97. The molecule has 7 heteroatoms. The minimum Gasteiger partial charge on any atom is -0.375 e. The fourth-order valence-electron chi connectivity index (χ4n) is 5.57. The van der Waals surface area contributed by atoms with Crippen molar-refractivity contribution in [2.45, 2.75) is 64.4 Å². The molecular formula is C34H47N5O2. The summed E-state index contributed by atoms with van der Waals surface area (Å²) in [6, 6.07) is 10.4. The molecule has 7 nitrogen and oxygen atoms in total. The zero-order valence-corrected chi connectivity index (χ0v) is 25.1. The number of nitrogens with one attached hydrogen (secondary N) is 2. The Labute approximate surface area is 245 Å². The summed E-state index contributed by atoms with van der Waals surface area (Å²) in [6.07, 6.45) is 14.2. The van der Waals surface area contributed by atoms with Gasteiger partial charge in [0.15, 0.2) is 0 Å². The molecule has 2 aromatic rings. The van der Waals surface area contributed by atoms with Gasteiger partial charge in [-0.2, -0.15) is 0 Å². The highest BCUT2D eigenvalue weighted by atomic mass is 16.5. The average Bonchev–Trinajstić information content (AvgIpc) is 3.18. The van der Waals surface area contributed by atoms with Gasteiger partial charge in [0.2, 0.25) is 0 Å². The first kappa shape index (κ1) is 30.8. The molecule has 1 fully saturated rings. The summed E-state index contributed by atoms with van der Waals surface area (Å²) >= 11 is 0. The van der Waals surface area contributed by atoms with Crippen LogP contribution in [0.2, 0.25) is 0 Å². The number of likely N-dealkylation sites (tertiary alicyclic amines) is 1. The van der Waals surface area contributed by atoms with Crippen LogP contribution in [-0.2, 0) is 17.6 Å². The van der Waals surface area contributed by atoms with Crippen molar-refractivity contribution in [2.24, 2.45) is 10.9 Å². The van der Waals surface area contributed by atoms with E-state index in [1.54, 1.807) is 12.3 Å². The van der Waals surface area contributed by atoms with E-state index in [0.29, 0.717) is 36.9 Å². The number of aromatic amines is 1. The number of fused-ring (bicyclic) bond motifs is 1. The van der Waals surface area contributed by atoms with Crippen LogP contribution < -0.4 is 10.9 Å². The minimum absolute atomic E-state index is 0.0589. The van der Waals surface area contributed by atoms with Crippen molar-refractivity contribution >= 4 is 12.3 Å². The summed E-state index contributed by atoms with van der Waals surface area (Å²) in [5, 5.41) is 3.65. The Balaban J connectivity index is 1.33. The van der Waals surface area contributed by atoms with Crippen molar-refractivity contribution in [2.75, 3.05) is 39.3 Å². The quantitative estimate of drug-likeness (QED) is 0.308. The van der Waals surface area contributed by atoms with Gasteiger partial charge in [0.1, 0.15) is 5.82 Å². The van der Waals surface area contributed by atoms with Crippen LogP contribution in [0.4, 0.5) is 0 Å². The van der Waals surface area contributed by atoms with Crippen molar-refractivity contribution in [3.8, 4) is 0 Å². The van der Waals surface area contributed by atoms with Crippen molar-refractivity contribution in [3.05, 3.63) is 93.8 Å². The number of benzene rings is 1. The fraction of sp³-hybridized carbons (Fsp3) is 0.500. The van der Waals surface area contributed by atoms with Crippen LogP contribution >= 0.6 is 0 Å². The molecule has 0 bridgehead atoms. The summed E-state index contributed by atoms with van der Waals surface area (Å²) in [5.74, 6) is 1.25. The molecule has 1 aromatic heterocycles. The third kappa shape index (κ3) is 9.45. The summed E-state index contributed by atoms with van der Waals surface area (Å²) in [7, 11) is 0.